The van der Waals surface area contributed by atoms with E-state index < -0.39 is 0 Å². The van der Waals surface area contributed by atoms with E-state index in [0.29, 0.717) is 0 Å². The van der Waals surface area contributed by atoms with E-state index in [1.54, 1.807) is 0 Å². The minimum atomic E-state index is 1.04. The van der Waals surface area contributed by atoms with E-state index in [0.717, 1.165) is 12.8 Å². The van der Waals surface area contributed by atoms with Gasteiger partial charge in [-0.05, 0) is 33.1 Å². The van der Waals surface area contributed by atoms with Crippen molar-refractivity contribution in [2.75, 3.05) is 0 Å². The van der Waals surface area contributed by atoms with Crippen LogP contribution in [0.25, 0.3) is 0 Å². The normalized spacial score (nSPS) is 13.7. The molecule has 0 N–H and O–H groups in total. The van der Waals surface area contributed by atoms with E-state index in [4.69, 9.17) is 0 Å². The molecule has 12 heavy (non-hydrogen) atoms. The zero-order chi connectivity index (χ0) is 9.40. The van der Waals surface area contributed by atoms with Crippen LogP contribution in [0.3, 0.4) is 0 Å². The molecule has 0 aliphatic rings. The lowest BCUT2D eigenvalue weighted by molar-refractivity contribution is 0.831. The maximum atomic E-state index is 4.53. The van der Waals surface area contributed by atoms with Gasteiger partial charge in [-0.1, -0.05) is 26.3 Å². The molecule has 0 radical (unpaired) electrons. The average Bonchev–Trinajstić information content (AvgIpc) is 2.10. The quantitative estimate of drug-likeness (QED) is 0.550. The van der Waals surface area contributed by atoms with Crippen LogP contribution in [0.2, 0.25) is 0 Å². The molecule has 0 saturated heterocycles. The minimum Gasteiger partial charge on any atom is -0.263 e. The van der Waals surface area contributed by atoms with Crippen molar-refractivity contribution in [1.29, 1.82) is 0 Å². The van der Waals surface area contributed by atoms with Crippen molar-refractivity contribution < 1.29 is 0 Å². The van der Waals surface area contributed by atoms with Gasteiger partial charge in [0, 0.05) is 11.4 Å². The first-order chi connectivity index (χ1) is 5.74. The van der Waals surface area contributed by atoms with Crippen molar-refractivity contribution in [2.45, 2.75) is 53.4 Å². The molecule has 0 amide bonds. The minimum absolute atomic E-state index is 1.04. The fourth-order valence-electron chi connectivity index (χ4n) is 1.08. The number of allylic oxidation sites excluding steroid dienone is 2. The van der Waals surface area contributed by atoms with Gasteiger partial charge < -0.3 is 0 Å². The van der Waals surface area contributed by atoms with Gasteiger partial charge in [-0.3, -0.25) is 4.99 Å². The molecule has 0 aromatic carbocycles. The van der Waals surface area contributed by atoms with Crippen LogP contribution in [-0.2, 0) is 0 Å². The summed E-state index contributed by atoms with van der Waals surface area (Å²) in [5.74, 6) is 0. The third-order valence-corrected chi connectivity index (χ3v) is 1.92. The van der Waals surface area contributed by atoms with Crippen LogP contribution < -0.4 is 0 Å². The van der Waals surface area contributed by atoms with Crippen molar-refractivity contribution >= 4 is 5.71 Å². The Hall–Kier alpha value is -0.590. The monoisotopic (exact) mass is 167 g/mol. The van der Waals surface area contributed by atoms with Gasteiger partial charge in [0.1, 0.15) is 0 Å². The second kappa shape index (κ2) is 7.08. The molecular weight excluding hydrogens is 146 g/mol. The summed E-state index contributed by atoms with van der Waals surface area (Å²) >= 11 is 0. The molecule has 1 nitrogen and oxygen atoms in total. The summed E-state index contributed by atoms with van der Waals surface area (Å²) in [6.45, 7) is 8.53. The van der Waals surface area contributed by atoms with Crippen LogP contribution in [0, 0.1) is 0 Å². The highest BCUT2D eigenvalue weighted by molar-refractivity contribution is 5.82. The van der Waals surface area contributed by atoms with Crippen LogP contribution in [0.4, 0.5) is 0 Å². The number of nitrogens with zero attached hydrogens (tertiary/aromatic N) is 1. The largest absolute Gasteiger partial charge is 0.263 e. The summed E-state index contributed by atoms with van der Waals surface area (Å²) in [5.41, 5.74) is 2.48. The molecule has 0 heterocycles. The number of unbranched alkanes of at least 4 members (excludes halogenated alkanes) is 1. The number of hydrogen-bond acceptors (Lipinski definition) is 1. The summed E-state index contributed by atoms with van der Waals surface area (Å²) in [5, 5.41) is 0. The Kier molecular flexibility index (Phi) is 6.73. The predicted octanol–water partition coefficient (Wildman–Crippen LogP) is 3.95. The van der Waals surface area contributed by atoms with Gasteiger partial charge in [0.15, 0.2) is 0 Å². The lowest BCUT2D eigenvalue weighted by atomic mass is 10.2. The number of rotatable bonds is 5. The van der Waals surface area contributed by atoms with Gasteiger partial charge in [-0.15, -0.1) is 0 Å². The van der Waals surface area contributed by atoms with Gasteiger partial charge >= 0.3 is 0 Å². The summed E-state index contributed by atoms with van der Waals surface area (Å²) in [4.78, 5) is 4.53. The molecule has 0 unspecified atom stereocenters. The first-order valence-electron chi connectivity index (χ1n) is 4.93. The Morgan fingerprint density at radius 3 is 2.42 bits per heavy atom. The van der Waals surface area contributed by atoms with Crippen molar-refractivity contribution in [3.8, 4) is 0 Å². The number of aliphatic imine (C=N–C) groups is 1. The second-order valence-electron chi connectivity index (χ2n) is 3.08. The topological polar surface area (TPSA) is 12.4 Å². The Bertz CT molecular complexity index is 166. The van der Waals surface area contributed by atoms with Crippen LogP contribution >= 0.6 is 0 Å². The second-order valence-corrected chi connectivity index (χ2v) is 3.08. The zero-order valence-electron chi connectivity index (χ0n) is 8.85. The third kappa shape index (κ3) is 5.11. The van der Waals surface area contributed by atoms with Crippen molar-refractivity contribution in [2.24, 2.45) is 4.99 Å². The van der Waals surface area contributed by atoms with Crippen molar-refractivity contribution in [1.82, 2.24) is 0 Å². The van der Waals surface area contributed by atoms with E-state index in [9.17, 15) is 0 Å². The fourth-order valence-corrected chi connectivity index (χ4v) is 1.08. The highest BCUT2D eigenvalue weighted by Crippen LogP contribution is 2.05. The van der Waals surface area contributed by atoms with E-state index >= 15 is 0 Å². The van der Waals surface area contributed by atoms with Crippen LogP contribution in [0.1, 0.15) is 53.4 Å². The molecule has 0 atom stereocenters. The summed E-state index contributed by atoms with van der Waals surface area (Å²) in [6, 6.07) is 0. The highest BCUT2D eigenvalue weighted by atomic mass is 14.7. The third-order valence-electron chi connectivity index (χ3n) is 1.92. The summed E-state index contributed by atoms with van der Waals surface area (Å²) in [6.07, 6.45) is 6.80. The SMILES string of the molecule is C/C=C(CC)\N=C(/C)CCCC. The maximum Gasteiger partial charge on any atom is 0.0357 e. The Labute approximate surface area is 76.6 Å². The van der Waals surface area contributed by atoms with E-state index in [2.05, 4.69) is 38.8 Å². The van der Waals surface area contributed by atoms with Crippen LogP contribution in [0.5, 0.6) is 0 Å². The first-order valence-corrected chi connectivity index (χ1v) is 4.93. The standard InChI is InChI=1S/C11H21N/c1-5-8-9-10(4)12-11(6-2)7-3/h6H,5,7-9H2,1-4H3/b11-6-,12-10+. The molecule has 0 aromatic heterocycles. The van der Waals surface area contributed by atoms with Crippen molar-refractivity contribution in [3.05, 3.63) is 11.8 Å². The lowest BCUT2D eigenvalue weighted by Gasteiger charge is -2.00. The van der Waals surface area contributed by atoms with Gasteiger partial charge in [0.2, 0.25) is 0 Å². The van der Waals surface area contributed by atoms with Gasteiger partial charge in [0.05, 0.1) is 0 Å². The molecule has 0 bridgehead atoms. The van der Waals surface area contributed by atoms with Crippen LogP contribution in [0.15, 0.2) is 16.8 Å². The fraction of sp³-hybridized carbons (Fsp3) is 0.727. The van der Waals surface area contributed by atoms with Gasteiger partial charge in [-0.25, -0.2) is 0 Å². The zero-order valence-corrected chi connectivity index (χ0v) is 8.85. The molecule has 1 heteroatoms. The van der Waals surface area contributed by atoms with Crippen molar-refractivity contribution in [3.63, 3.8) is 0 Å². The molecule has 0 saturated carbocycles. The molecule has 0 spiro atoms. The molecule has 0 aliphatic carbocycles. The van der Waals surface area contributed by atoms with E-state index in [1.807, 2.05) is 0 Å². The number of hydrogen-bond donors (Lipinski definition) is 0. The Balaban J connectivity index is 3.96. The molecule has 0 rings (SSSR count). The molecule has 70 valence electrons. The van der Waals surface area contributed by atoms with Gasteiger partial charge in [-0.2, -0.15) is 0 Å². The van der Waals surface area contributed by atoms with E-state index in [1.165, 1.54) is 24.3 Å². The molecule has 0 fully saturated rings. The lowest BCUT2D eigenvalue weighted by Crippen LogP contribution is -1.91. The first kappa shape index (κ1) is 11.4. The maximum absolute atomic E-state index is 4.53. The molecule has 0 aromatic rings. The highest BCUT2D eigenvalue weighted by Gasteiger charge is 1.92. The van der Waals surface area contributed by atoms with E-state index in [-0.39, 0.29) is 0 Å². The smallest absolute Gasteiger partial charge is 0.0357 e. The predicted molar refractivity (Wildman–Crippen MR) is 56.7 cm³/mol. The Morgan fingerprint density at radius 2 is 2.00 bits per heavy atom. The average molecular weight is 167 g/mol. The van der Waals surface area contributed by atoms with Gasteiger partial charge in [0.25, 0.3) is 0 Å². The Morgan fingerprint density at radius 1 is 1.33 bits per heavy atom. The summed E-state index contributed by atoms with van der Waals surface area (Å²) in [7, 11) is 0. The summed E-state index contributed by atoms with van der Waals surface area (Å²) < 4.78 is 0. The molecule has 0 aliphatic heterocycles. The van der Waals surface area contributed by atoms with Crippen LogP contribution in [-0.4, -0.2) is 5.71 Å². The molecular formula is C11H21N.